The van der Waals surface area contributed by atoms with Gasteiger partial charge in [-0.15, -0.1) is 10.2 Å². The summed E-state index contributed by atoms with van der Waals surface area (Å²) >= 11 is 1.63. The van der Waals surface area contributed by atoms with E-state index in [1.165, 1.54) is 0 Å². The highest BCUT2D eigenvalue weighted by molar-refractivity contribution is 7.98. The van der Waals surface area contributed by atoms with E-state index in [1.54, 1.807) is 11.8 Å². The zero-order valence-corrected chi connectivity index (χ0v) is 9.19. The molecule has 0 aromatic carbocycles. The number of aromatic nitrogens is 3. The van der Waals surface area contributed by atoms with Crippen LogP contribution in [0.5, 0.6) is 0 Å². The van der Waals surface area contributed by atoms with Crippen LogP contribution in [0.15, 0.2) is 5.16 Å². The number of nitrogens with zero attached hydrogens (tertiary/aromatic N) is 3. The summed E-state index contributed by atoms with van der Waals surface area (Å²) in [6.45, 7) is 1.03. The highest BCUT2D eigenvalue weighted by atomic mass is 32.2. The first-order valence-electron chi connectivity index (χ1n) is 4.36. The second-order valence-electron chi connectivity index (χ2n) is 2.87. The van der Waals surface area contributed by atoms with Gasteiger partial charge in [0.2, 0.25) is 0 Å². The Hall–Kier alpha value is -0.550. The van der Waals surface area contributed by atoms with Gasteiger partial charge in [-0.1, -0.05) is 11.8 Å². The van der Waals surface area contributed by atoms with Crippen molar-refractivity contribution in [1.82, 2.24) is 20.1 Å². The van der Waals surface area contributed by atoms with Crippen LogP contribution >= 0.6 is 11.8 Å². The molecule has 0 radical (unpaired) electrons. The Morgan fingerprint density at radius 1 is 1.46 bits per heavy atom. The molecule has 0 bridgehead atoms. The Balaban J connectivity index is 2.51. The lowest BCUT2D eigenvalue weighted by Crippen LogP contribution is -2.10. The van der Waals surface area contributed by atoms with Gasteiger partial charge in [0.25, 0.3) is 0 Å². The van der Waals surface area contributed by atoms with Crippen LogP contribution in [0.1, 0.15) is 12.2 Å². The SMILES string of the molecule is CNCCCc1nnc(SC)n1C. The van der Waals surface area contributed by atoms with Crippen molar-refractivity contribution in [2.75, 3.05) is 19.8 Å². The standard InChI is InChI=1S/C8H16N4S/c1-9-6-4-5-7-10-11-8(13-3)12(7)2/h9H,4-6H2,1-3H3. The molecule has 13 heavy (non-hydrogen) atoms. The number of aryl methyl sites for hydroxylation is 1. The molecule has 0 aliphatic heterocycles. The molecule has 0 atom stereocenters. The molecule has 0 amide bonds. The zero-order chi connectivity index (χ0) is 9.68. The minimum absolute atomic E-state index is 0.986. The maximum absolute atomic E-state index is 4.12. The van der Waals surface area contributed by atoms with Gasteiger partial charge in [-0.2, -0.15) is 0 Å². The van der Waals surface area contributed by atoms with Crippen LogP contribution in [-0.4, -0.2) is 34.6 Å². The molecule has 1 N–H and O–H groups in total. The number of rotatable bonds is 5. The van der Waals surface area contributed by atoms with Gasteiger partial charge in [0.15, 0.2) is 5.16 Å². The van der Waals surface area contributed by atoms with Crippen LogP contribution in [0, 0.1) is 0 Å². The molecule has 0 spiro atoms. The molecule has 0 saturated heterocycles. The molecule has 5 heteroatoms. The summed E-state index contributed by atoms with van der Waals surface area (Å²) in [6.07, 6.45) is 4.11. The first kappa shape index (κ1) is 10.5. The Labute approximate surface area is 83.1 Å². The topological polar surface area (TPSA) is 42.7 Å². The van der Waals surface area contributed by atoms with Gasteiger partial charge in [0, 0.05) is 13.5 Å². The van der Waals surface area contributed by atoms with E-state index in [9.17, 15) is 0 Å². The summed E-state index contributed by atoms with van der Waals surface area (Å²) in [4.78, 5) is 0. The van der Waals surface area contributed by atoms with Crippen molar-refractivity contribution in [3.8, 4) is 0 Å². The number of hydrogen-bond acceptors (Lipinski definition) is 4. The van der Waals surface area contributed by atoms with Gasteiger partial charge in [-0.3, -0.25) is 0 Å². The third-order valence-corrected chi connectivity index (χ3v) is 2.66. The third kappa shape index (κ3) is 2.70. The predicted molar refractivity (Wildman–Crippen MR) is 55.0 cm³/mol. The lowest BCUT2D eigenvalue weighted by atomic mass is 10.3. The fourth-order valence-corrected chi connectivity index (χ4v) is 1.67. The van der Waals surface area contributed by atoms with Crippen molar-refractivity contribution in [2.24, 2.45) is 7.05 Å². The fourth-order valence-electron chi connectivity index (χ4n) is 1.16. The number of hydrogen-bond donors (Lipinski definition) is 1. The molecule has 0 fully saturated rings. The van der Waals surface area contributed by atoms with E-state index in [2.05, 4.69) is 20.1 Å². The van der Waals surface area contributed by atoms with Gasteiger partial charge in [0.05, 0.1) is 0 Å². The molecular formula is C8H16N4S. The van der Waals surface area contributed by atoms with Crippen LogP contribution < -0.4 is 5.32 Å². The largest absolute Gasteiger partial charge is 0.320 e. The highest BCUT2D eigenvalue weighted by Crippen LogP contribution is 2.11. The molecule has 1 heterocycles. The molecule has 0 aliphatic carbocycles. The van der Waals surface area contributed by atoms with Crippen molar-refractivity contribution in [3.63, 3.8) is 0 Å². The maximum Gasteiger partial charge on any atom is 0.190 e. The average Bonchev–Trinajstić information content (AvgIpc) is 2.48. The second kappa shape index (κ2) is 5.24. The van der Waals surface area contributed by atoms with Gasteiger partial charge >= 0.3 is 0 Å². The van der Waals surface area contributed by atoms with E-state index in [-0.39, 0.29) is 0 Å². The molecule has 4 nitrogen and oxygen atoms in total. The number of nitrogens with one attached hydrogen (secondary N) is 1. The van der Waals surface area contributed by atoms with Crippen LogP contribution in [0.4, 0.5) is 0 Å². The van der Waals surface area contributed by atoms with Gasteiger partial charge in [0.1, 0.15) is 5.82 Å². The summed E-state index contributed by atoms with van der Waals surface area (Å²) in [6, 6.07) is 0. The summed E-state index contributed by atoms with van der Waals surface area (Å²) in [7, 11) is 3.98. The lowest BCUT2D eigenvalue weighted by molar-refractivity contribution is 0.665. The predicted octanol–water partition coefficient (Wildman–Crippen LogP) is 0.689. The van der Waals surface area contributed by atoms with Crippen molar-refractivity contribution >= 4 is 11.8 Å². The summed E-state index contributed by atoms with van der Waals surface area (Å²) in [5, 5.41) is 12.3. The molecule has 1 aromatic rings. The maximum atomic E-state index is 4.12. The minimum atomic E-state index is 0.986. The van der Waals surface area contributed by atoms with Crippen LogP contribution in [0.3, 0.4) is 0 Å². The van der Waals surface area contributed by atoms with E-state index in [0.717, 1.165) is 30.4 Å². The minimum Gasteiger partial charge on any atom is -0.320 e. The van der Waals surface area contributed by atoms with E-state index < -0.39 is 0 Å². The Kier molecular flexibility index (Phi) is 4.24. The molecule has 74 valence electrons. The number of thioether (sulfide) groups is 1. The van der Waals surface area contributed by atoms with Crippen LogP contribution in [0.2, 0.25) is 0 Å². The van der Waals surface area contributed by atoms with Crippen molar-refractivity contribution < 1.29 is 0 Å². The Morgan fingerprint density at radius 2 is 2.23 bits per heavy atom. The average molecular weight is 200 g/mol. The third-order valence-electron chi connectivity index (χ3n) is 1.93. The molecule has 1 rings (SSSR count). The molecule has 0 saturated carbocycles. The first-order chi connectivity index (χ1) is 6.29. The van der Waals surface area contributed by atoms with Crippen molar-refractivity contribution in [1.29, 1.82) is 0 Å². The monoisotopic (exact) mass is 200 g/mol. The van der Waals surface area contributed by atoms with Gasteiger partial charge in [-0.05, 0) is 26.3 Å². The zero-order valence-electron chi connectivity index (χ0n) is 8.37. The molecule has 1 aromatic heterocycles. The van der Waals surface area contributed by atoms with E-state index in [0.29, 0.717) is 0 Å². The molecule has 0 unspecified atom stereocenters. The van der Waals surface area contributed by atoms with Crippen molar-refractivity contribution in [3.05, 3.63) is 5.82 Å². The van der Waals surface area contributed by atoms with Gasteiger partial charge in [-0.25, -0.2) is 0 Å². The first-order valence-corrected chi connectivity index (χ1v) is 5.59. The van der Waals surface area contributed by atoms with E-state index >= 15 is 0 Å². The summed E-state index contributed by atoms with van der Waals surface area (Å²) in [5.41, 5.74) is 0. The van der Waals surface area contributed by atoms with E-state index in [1.807, 2.05) is 20.4 Å². The highest BCUT2D eigenvalue weighted by Gasteiger charge is 2.05. The molecule has 0 aliphatic rings. The fraction of sp³-hybridized carbons (Fsp3) is 0.750. The quantitative estimate of drug-likeness (QED) is 0.561. The van der Waals surface area contributed by atoms with Crippen LogP contribution in [-0.2, 0) is 13.5 Å². The van der Waals surface area contributed by atoms with E-state index in [4.69, 9.17) is 0 Å². The smallest absolute Gasteiger partial charge is 0.190 e. The summed E-state index contributed by atoms with van der Waals surface area (Å²) < 4.78 is 2.06. The van der Waals surface area contributed by atoms with Crippen molar-refractivity contribution in [2.45, 2.75) is 18.0 Å². The molecular weight excluding hydrogens is 184 g/mol. The Morgan fingerprint density at radius 3 is 2.77 bits per heavy atom. The van der Waals surface area contributed by atoms with Gasteiger partial charge < -0.3 is 9.88 Å². The lowest BCUT2D eigenvalue weighted by Gasteiger charge is -2.01. The summed E-state index contributed by atoms with van der Waals surface area (Å²) in [5.74, 6) is 1.07. The second-order valence-corrected chi connectivity index (χ2v) is 3.64. The van der Waals surface area contributed by atoms with Crippen LogP contribution in [0.25, 0.3) is 0 Å². The normalized spacial score (nSPS) is 10.7. The Bertz CT molecular complexity index is 259.